The molecule has 3 heteroatoms. The van der Waals surface area contributed by atoms with Crippen LogP contribution in [0.15, 0.2) is 29.6 Å². The maximum Gasteiger partial charge on any atom is 0.193 e. The zero-order chi connectivity index (χ0) is 11.7. The topological polar surface area (TPSA) is 17.1 Å². The molecular formula is C13H11FOS. The van der Waals surface area contributed by atoms with E-state index in [4.69, 9.17) is 0 Å². The molecule has 0 atom stereocenters. The highest BCUT2D eigenvalue weighted by molar-refractivity contribution is 7.10. The van der Waals surface area contributed by atoms with E-state index in [9.17, 15) is 9.18 Å². The SMILES string of the molecule is Cc1cc(C(=O)c2ccc(F)c(C)c2)cs1. The van der Waals surface area contributed by atoms with E-state index in [-0.39, 0.29) is 11.6 Å². The van der Waals surface area contributed by atoms with Crippen molar-refractivity contribution >= 4 is 17.1 Å². The van der Waals surface area contributed by atoms with Gasteiger partial charge in [0.15, 0.2) is 5.78 Å². The zero-order valence-electron chi connectivity index (χ0n) is 9.08. The summed E-state index contributed by atoms with van der Waals surface area (Å²) in [4.78, 5) is 13.1. The number of carbonyl (C=O) groups is 1. The summed E-state index contributed by atoms with van der Waals surface area (Å²) >= 11 is 1.54. The third-order valence-corrected chi connectivity index (χ3v) is 3.27. The number of benzene rings is 1. The Morgan fingerprint density at radius 2 is 1.94 bits per heavy atom. The second-order valence-corrected chi connectivity index (χ2v) is 4.85. The van der Waals surface area contributed by atoms with Gasteiger partial charge in [-0.2, -0.15) is 0 Å². The number of carbonyl (C=O) groups excluding carboxylic acids is 1. The van der Waals surface area contributed by atoms with E-state index in [0.29, 0.717) is 16.7 Å². The van der Waals surface area contributed by atoms with E-state index in [2.05, 4.69) is 0 Å². The summed E-state index contributed by atoms with van der Waals surface area (Å²) in [5.74, 6) is -0.328. The summed E-state index contributed by atoms with van der Waals surface area (Å²) in [7, 11) is 0. The number of aryl methyl sites for hydroxylation is 2. The second kappa shape index (κ2) is 4.18. The Labute approximate surface area is 97.6 Å². The van der Waals surface area contributed by atoms with Gasteiger partial charge in [-0.3, -0.25) is 4.79 Å². The molecule has 1 aromatic heterocycles. The van der Waals surface area contributed by atoms with Gasteiger partial charge in [0.1, 0.15) is 5.82 Å². The first-order chi connectivity index (χ1) is 7.58. The van der Waals surface area contributed by atoms with Crippen molar-refractivity contribution in [2.75, 3.05) is 0 Å². The summed E-state index contributed by atoms with van der Waals surface area (Å²) in [6.07, 6.45) is 0. The second-order valence-electron chi connectivity index (χ2n) is 3.74. The van der Waals surface area contributed by atoms with Gasteiger partial charge < -0.3 is 0 Å². The van der Waals surface area contributed by atoms with Gasteiger partial charge in [-0.15, -0.1) is 11.3 Å². The van der Waals surface area contributed by atoms with Crippen LogP contribution in [0.1, 0.15) is 26.4 Å². The highest BCUT2D eigenvalue weighted by atomic mass is 32.1. The fourth-order valence-electron chi connectivity index (χ4n) is 1.52. The van der Waals surface area contributed by atoms with Gasteiger partial charge in [-0.25, -0.2) is 4.39 Å². The lowest BCUT2D eigenvalue weighted by Crippen LogP contribution is -2.00. The molecule has 0 aliphatic carbocycles. The zero-order valence-corrected chi connectivity index (χ0v) is 9.90. The van der Waals surface area contributed by atoms with Crippen LogP contribution in [-0.2, 0) is 0 Å². The third-order valence-electron chi connectivity index (χ3n) is 2.41. The van der Waals surface area contributed by atoms with E-state index >= 15 is 0 Å². The van der Waals surface area contributed by atoms with Gasteiger partial charge in [-0.05, 0) is 43.7 Å². The monoisotopic (exact) mass is 234 g/mol. The molecule has 0 spiro atoms. The number of ketones is 1. The van der Waals surface area contributed by atoms with E-state index in [1.807, 2.05) is 18.4 Å². The van der Waals surface area contributed by atoms with Gasteiger partial charge in [0.05, 0.1) is 0 Å². The molecule has 16 heavy (non-hydrogen) atoms. The molecule has 0 radical (unpaired) electrons. The van der Waals surface area contributed by atoms with Crippen molar-refractivity contribution in [3.8, 4) is 0 Å². The molecule has 2 aromatic rings. The van der Waals surface area contributed by atoms with Crippen LogP contribution in [0.3, 0.4) is 0 Å². The first-order valence-electron chi connectivity index (χ1n) is 4.94. The lowest BCUT2D eigenvalue weighted by atomic mass is 10.0. The Bertz CT molecular complexity index is 543. The first kappa shape index (κ1) is 11.0. The van der Waals surface area contributed by atoms with Crippen LogP contribution in [0, 0.1) is 19.7 Å². The van der Waals surface area contributed by atoms with Crippen LogP contribution in [0.2, 0.25) is 0 Å². The fourth-order valence-corrected chi connectivity index (χ4v) is 2.20. The standard InChI is InChI=1S/C13H11FOS/c1-8-5-10(3-4-12(8)14)13(15)11-6-9(2)16-7-11/h3-7H,1-2H3. The molecule has 82 valence electrons. The van der Waals surface area contributed by atoms with Crippen molar-refractivity contribution in [1.82, 2.24) is 0 Å². The van der Waals surface area contributed by atoms with Gasteiger partial charge in [-0.1, -0.05) is 0 Å². The van der Waals surface area contributed by atoms with Crippen molar-refractivity contribution in [2.45, 2.75) is 13.8 Å². The molecular weight excluding hydrogens is 223 g/mol. The quantitative estimate of drug-likeness (QED) is 0.723. The lowest BCUT2D eigenvalue weighted by molar-refractivity contribution is 0.103. The molecule has 0 saturated heterocycles. The summed E-state index contributed by atoms with van der Waals surface area (Å²) in [6, 6.07) is 6.30. The third kappa shape index (κ3) is 2.04. The number of halogens is 1. The van der Waals surface area contributed by atoms with Gasteiger partial charge in [0, 0.05) is 21.4 Å². The number of rotatable bonds is 2. The van der Waals surface area contributed by atoms with Crippen LogP contribution < -0.4 is 0 Å². The smallest absolute Gasteiger partial charge is 0.193 e. The van der Waals surface area contributed by atoms with Crippen molar-refractivity contribution in [1.29, 1.82) is 0 Å². The Balaban J connectivity index is 2.38. The Hall–Kier alpha value is -1.48. The normalized spacial score (nSPS) is 10.4. The summed E-state index contributed by atoms with van der Waals surface area (Å²) in [5, 5.41) is 1.83. The molecule has 0 bridgehead atoms. The summed E-state index contributed by atoms with van der Waals surface area (Å²) < 4.78 is 13.1. The lowest BCUT2D eigenvalue weighted by Gasteiger charge is -2.01. The molecule has 0 aliphatic rings. The number of hydrogen-bond donors (Lipinski definition) is 0. The Morgan fingerprint density at radius 3 is 2.50 bits per heavy atom. The number of hydrogen-bond acceptors (Lipinski definition) is 2. The highest BCUT2D eigenvalue weighted by Crippen LogP contribution is 2.18. The van der Waals surface area contributed by atoms with Gasteiger partial charge >= 0.3 is 0 Å². The average molecular weight is 234 g/mol. The van der Waals surface area contributed by atoms with Crippen LogP contribution in [0.25, 0.3) is 0 Å². The van der Waals surface area contributed by atoms with Gasteiger partial charge in [0.25, 0.3) is 0 Å². The molecule has 0 N–H and O–H groups in total. The maximum atomic E-state index is 13.1. The van der Waals surface area contributed by atoms with Crippen LogP contribution in [0.4, 0.5) is 4.39 Å². The van der Waals surface area contributed by atoms with Crippen molar-refractivity contribution in [3.63, 3.8) is 0 Å². The van der Waals surface area contributed by atoms with Crippen LogP contribution in [-0.4, -0.2) is 5.78 Å². The maximum absolute atomic E-state index is 13.1. The summed E-state index contributed by atoms with van der Waals surface area (Å²) in [6.45, 7) is 3.61. The van der Waals surface area contributed by atoms with E-state index in [1.165, 1.54) is 23.5 Å². The van der Waals surface area contributed by atoms with E-state index < -0.39 is 0 Å². The Kier molecular flexibility index (Phi) is 2.88. The largest absolute Gasteiger partial charge is 0.289 e. The van der Waals surface area contributed by atoms with Crippen molar-refractivity contribution in [3.05, 3.63) is 57.0 Å². The predicted molar refractivity (Wildman–Crippen MR) is 63.6 cm³/mol. The molecule has 1 nitrogen and oxygen atoms in total. The molecule has 0 aliphatic heterocycles. The van der Waals surface area contributed by atoms with Crippen LogP contribution >= 0.6 is 11.3 Å². The minimum atomic E-state index is -0.280. The van der Waals surface area contributed by atoms with Crippen LogP contribution in [0.5, 0.6) is 0 Å². The fraction of sp³-hybridized carbons (Fsp3) is 0.154. The molecule has 1 aromatic carbocycles. The van der Waals surface area contributed by atoms with E-state index in [1.54, 1.807) is 13.0 Å². The van der Waals surface area contributed by atoms with Crippen molar-refractivity contribution < 1.29 is 9.18 Å². The highest BCUT2D eigenvalue weighted by Gasteiger charge is 2.11. The van der Waals surface area contributed by atoms with E-state index in [0.717, 1.165) is 4.88 Å². The minimum Gasteiger partial charge on any atom is -0.289 e. The van der Waals surface area contributed by atoms with Crippen molar-refractivity contribution in [2.24, 2.45) is 0 Å². The molecule has 2 rings (SSSR count). The molecule has 0 saturated carbocycles. The summed E-state index contributed by atoms with van der Waals surface area (Å²) in [5.41, 5.74) is 1.71. The molecule has 0 unspecified atom stereocenters. The Morgan fingerprint density at radius 1 is 1.19 bits per heavy atom. The predicted octanol–water partition coefficient (Wildman–Crippen LogP) is 3.74. The van der Waals surface area contributed by atoms with Gasteiger partial charge in [0.2, 0.25) is 0 Å². The average Bonchev–Trinajstić information content (AvgIpc) is 2.68. The number of thiophene rings is 1. The molecule has 0 fully saturated rings. The molecule has 1 heterocycles. The molecule has 0 amide bonds. The first-order valence-corrected chi connectivity index (χ1v) is 5.82. The minimum absolute atomic E-state index is 0.0487.